The second-order valence-electron chi connectivity index (χ2n) is 4.54. The third kappa shape index (κ3) is 3.61. The molecule has 114 valence electrons. The molecule has 2 heterocycles. The predicted molar refractivity (Wildman–Crippen MR) is 65.8 cm³/mol. The highest BCUT2D eigenvalue weighted by molar-refractivity contribution is 5.95. The van der Waals surface area contributed by atoms with Gasteiger partial charge in [0.05, 0.1) is 13.1 Å². The van der Waals surface area contributed by atoms with E-state index in [0.29, 0.717) is 0 Å². The lowest BCUT2D eigenvalue weighted by Gasteiger charge is -2.20. The molecule has 0 saturated carbocycles. The van der Waals surface area contributed by atoms with Gasteiger partial charge in [-0.15, -0.1) is 0 Å². The van der Waals surface area contributed by atoms with Crippen LogP contribution in [0.3, 0.4) is 0 Å². The fourth-order valence-corrected chi connectivity index (χ4v) is 2.01. The molecular weight excluding hydrogens is 291 g/mol. The number of rotatable bonds is 4. The van der Waals surface area contributed by atoms with Gasteiger partial charge in [-0.1, -0.05) is 0 Å². The van der Waals surface area contributed by atoms with Crippen molar-refractivity contribution in [1.29, 1.82) is 0 Å². The minimum absolute atomic E-state index is 0.0767. The van der Waals surface area contributed by atoms with E-state index >= 15 is 0 Å². The summed E-state index contributed by atoms with van der Waals surface area (Å²) in [4.78, 5) is 29.1. The number of pyridine rings is 1. The Hall–Kier alpha value is -2.32. The molecule has 9 heteroatoms. The molecule has 1 aliphatic rings. The molecular formula is C12H12F3N3O3. The third-order valence-electron chi connectivity index (χ3n) is 3.00. The van der Waals surface area contributed by atoms with E-state index in [1.54, 1.807) is 0 Å². The SMILES string of the molecule is O=C(O)c1cccnc1N1CC(=O)N(CCC(F)(F)F)C1. The number of anilines is 1. The molecule has 0 atom stereocenters. The minimum atomic E-state index is -4.34. The number of amides is 1. The van der Waals surface area contributed by atoms with Crippen molar-refractivity contribution in [3.05, 3.63) is 23.9 Å². The van der Waals surface area contributed by atoms with E-state index < -0.39 is 31.0 Å². The Morgan fingerprint density at radius 3 is 2.76 bits per heavy atom. The summed E-state index contributed by atoms with van der Waals surface area (Å²) < 4.78 is 36.6. The van der Waals surface area contributed by atoms with Crippen molar-refractivity contribution in [3.8, 4) is 0 Å². The highest BCUT2D eigenvalue weighted by Crippen LogP contribution is 2.24. The van der Waals surface area contributed by atoms with E-state index in [9.17, 15) is 22.8 Å². The molecule has 2 rings (SSSR count). The number of hydrogen-bond acceptors (Lipinski definition) is 4. The van der Waals surface area contributed by atoms with E-state index in [1.165, 1.54) is 23.2 Å². The monoisotopic (exact) mass is 303 g/mol. The summed E-state index contributed by atoms with van der Waals surface area (Å²) in [5, 5.41) is 9.05. The molecule has 21 heavy (non-hydrogen) atoms. The summed E-state index contributed by atoms with van der Waals surface area (Å²) in [6.45, 7) is -0.741. The zero-order valence-electron chi connectivity index (χ0n) is 10.8. The fourth-order valence-electron chi connectivity index (χ4n) is 2.01. The molecule has 1 N–H and O–H groups in total. The topological polar surface area (TPSA) is 73.7 Å². The first-order valence-corrected chi connectivity index (χ1v) is 6.06. The van der Waals surface area contributed by atoms with Gasteiger partial charge in [0.1, 0.15) is 17.9 Å². The number of carbonyl (C=O) groups excluding carboxylic acids is 1. The lowest BCUT2D eigenvalue weighted by atomic mass is 10.2. The Morgan fingerprint density at radius 2 is 2.14 bits per heavy atom. The Balaban J connectivity index is 2.11. The maximum atomic E-state index is 12.2. The fraction of sp³-hybridized carbons (Fsp3) is 0.417. The Labute approximate surface area is 117 Å². The van der Waals surface area contributed by atoms with Crippen molar-refractivity contribution in [2.75, 3.05) is 24.7 Å². The van der Waals surface area contributed by atoms with E-state index in [0.717, 1.165) is 4.90 Å². The first-order chi connectivity index (χ1) is 9.78. The van der Waals surface area contributed by atoms with Crippen molar-refractivity contribution >= 4 is 17.7 Å². The zero-order chi connectivity index (χ0) is 15.6. The summed E-state index contributed by atoms with van der Waals surface area (Å²) in [7, 11) is 0. The Bertz CT molecular complexity index is 562. The standard InChI is InChI=1S/C12H12F3N3O3/c13-12(14,15)3-5-17-7-18(6-9(17)19)10-8(11(20)21)2-1-4-16-10/h1-2,4H,3,5-7H2,(H,20,21). The van der Waals surface area contributed by atoms with Crippen LogP contribution in [0.5, 0.6) is 0 Å². The molecule has 0 radical (unpaired) electrons. The normalized spacial score (nSPS) is 15.7. The van der Waals surface area contributed by atoms with Crippen LogP contribution in [-0.4, -0.2) is 52.8 Å². The van der Waals surface area contributed by atoms with Crippen molar-refractivity contribution < 1.29 is 27.9 Å². The number of carbonyl (C=O) groups is 2. The first-order valence-electron chi connectivity index (χ1n) is 6.06. The van der Waals surface area contributed by atoms with Gasteiger partial charge in [0.25, 0.3) is 0 Å². The number of aromatic carboxylic acids is 1. The average Bonchev–Trinajstić information content (AvgIpc) is 2.77. The number of alkyl halides is 3. The summed E-state index contributed by atoms with van der Waals surface area (Å²) in [6.07, 6.45) is -4.07. The Morgan fingerprint density at radius 1 is 1.43 bits per heavy atom. The van der Waals surface area contributed by atoms with Crippen LogP contribution in [0.15, 0.2) is 18.3 Å². The van der Waals surface area contributed by atoms with E-state index in [2.05, 4.69) is 4.98 Å². The summed E-state index contributed by atoms with van der Waals surface area (Å²) in [5.74, 6) is -1.62. The van der Waals surface area contributed by atoms with Crippen molar-refractivity contribution in [3.63, 3.8) is 0 Å². The first kappa shape index (κ1) is 15.1. The molecule has 0 aliphatic carbocycles. The van der Waals surface area contributed by atoms with Gasteiger partial charge in [-0.05, 0) is 12.1 Å². The molecule has 1 aliphatic heterocycles. The summed E-state index contributed by atoms with van der Waals surface area (Å²) in [6, 6.07) is 2.76. The third-order valence-corrected chi connectivity index (χ3v) is 3.00. The molecule has 1 saturated heterocycles. The van der Waals surface area contributed by atoms with Crippen LogP contribution in [0.1, 0.15) is 16.8 Å². The highest BCUT2D eigenvalue weighted by Gasteiger charge is 2.34. The summed E-state index contributed by atoms with van der Waals surface area (Å²) in [5.41, 5.74) is -0.0945. The maximum Gasteiger partial charge on any atom is 0.390 e. The number of carboxylic acids is 1. The lowest BCUT2D eigenvalue weighted by molar-refractivity contribution is -0.142. The van der Waals surface area contributed by atoms with Gasteiger partial charge in [0.2, 0.25) is 5.91 Å². The van der Waals surface area contributed by atoms with E-state index in [1.807, 2.05) is 0 Å². The molecule has 0 spiro atoms. The van der Waals surface area contributed by atoms with Crippen LogP contribution in [0.2, 0.25) is 0 Å². The van der Waals surface area contributed by atoms with Crippen LogP contribution in [0.25, 0.3) is 0 Å². The zero-order valence-corrected chi connectivity index (χ0v) is 10.8. The van der Waals surface area contributed by atoms with Crippen LogP contribution >= 0.6 is 0 Å². The smallest absolute Gasteiger partial charge is 0.390 e. The number of carboxylic acid groups (broad SMARTS) is 1. The predicted octanol–water partition coefficient (Wildman–Crippen LogP) is 1.34. The molecule has 1 aromatic heterocycles. The molecule has 1 aromatic rings. The largest absolute Gasteiger partial charge is 0.478 e. The van der Waals surface area contributed by atoms with Crippen LogP contribution in [0.4, 0.5) is 19.0 Å². The minimum Gasteiger partial charge on any atom is -0.478 e. The van der Waals surface area contributed by atoms with E-state index in [4.69, 9.17) is 5.11 Å². The quantitative estimate of drug-likeness (QED) is 0.908. The molecule has 0 bridgehead atoms. The highest BCUT2D eigenvalue weighted by atomic mass is 19.4. The number of nitrogens with zero attached hydrogens (tertiary/aromatic N) is 3. The second-order valence-corrected chi connectivity index (χ2v) is 4.54. The van der Waals surface area contributed by atoms with Gasteiger partial charge in [-0.3, -0.25) is 4.79 Å². The van der Waals surface area contributed by atoms with Crippen LogP contribution in [0, 0.1) is 0 Å². The molecule has 0 unspecified atom stereocenters. The van der Waals surface area contributed by atoms with Gasteiger partial charge in [-0.25, -0.2) is 9.78 Å². The maximum absolute atomic E-state index is 12.2. The van der Waals surface area contributed by atoms with Crippen molar-refractivity contribution in [2.24, 2.45) is 0 Å². The molecule has 0 aromatic carbocycles. The lowest BCUT2D eigenvalue weighted by Crippen LogP contribution is -2.31. The molecule has 1 fully saturated rings. The van der Waals surface area contributed by atoms with Crippen LogP contribution in [-0.2, 0) is 4.79 Å². The van der Waals surface area contributed by atoms with Gasteiger partial charge in [0.15, 0.2) is 0 Å². The van der Waals surface area contributed by atoms with Gasteiger partial charge in [-0.2, -0.15) is 13.2 Å². The van der Waals surface area contributed by atoms with Crippen molar-refractivity contribution in [2.45, 2.75) is 12.6 Å². The van der Waals surface area contributed by atoms with E-state index in [-0.39, 0.29) is 24.6 Å². The molecule has 1 amide bonds. The molecule has 6 nitrogen and oxygen atoms in total. The second kappa shape index (κ2) is 5.58. The Kier molecular flexibility index (Phi) is 4.01. The van der Waals surface area contributed by atoms with Gasteiger partial charge < -0.3 is 14.9 Å². The van der Waals surface area contributed by atoms with Gasteiger partial charge >= 0.3 is 12.1 Å². The number of hydrogen-bond donors (Lipinski definition) is 1. The van der Waals surface area contributed by atoms with Crippen molar-refractivity contribution in [1.82, 2.24) is 9.88 Å². The number of halogens is 3. The van der Waals surface area contributed by atoms with Crippen LogP contribution < -0.4 is 4.90 Å². The number of aromatic nitrogens is 1. The summed E-state index contributed by atoms with van der Waals surface area (Å²) >= 11 is 0. The average molecular weight is 303 g/mol. The van der Waals surface area contributed by atoms with Gasteiger partial charge in [0, 0.05) is 12.7 Å².